The van der Waals surface area contributed by atoms with Crippen molar-refractivity contribution < 1.29 is 16.8 Å². The lowest BCUT2D eigenvalue weighted by Gasteiger charge is -2.14. The van der Waals surface area contributed by atoms with Crippen LogP contribution in [0.4, 0.5) is 0 Å². The van der Waals surface area contributed by atoms with E-state index in [1.807, 2.05) is 0 Å². The van der Waals surface area contributed by atoms with Gasteiger partial charge in [0.15, 0.2) is 9.84 Å². The maximum atomic E-state index is 11.5. The topological polar surface area (TPSA) is 107 Å². The van der Waals surface area contributed by atoms with Crippen LogP contribution in [0.2, 0.25) is 5.15 Å². The molecule has 96 valence electrons. The van der Waals surface area contributed by atoms with E-state index in [2.05, 4.69) is 4.98 Å². The van der Waals surface area contributed by atoms with E-state index in [9.17, 15) is 16.8 Å². The Balaban J connectivity index is 3.61. The molecule has 0 spiro atoms. The standard InChI is InChI=1S/C7H8ClIN2O4S2/c1-16(12,13)7(17(10,14)15)4-2-6(8)11-3-5(4)9/h2-3,7H,1H3,(H2,10,14,15). The largest absolute Gasteiger partial charge is 0.243 e. The summed E-state index contributed by atoms with van der Waals surface area (Å²) in [6, 6.07) is 1.18. The number of hydrogen-bond donors (Lipinski definition) is 1. The monoisotopic (exact) mass is 410 g/mol. The molecule has 1 unspecified atom stereocenters. The maximum absolute atomic E-state index is 11.5. The van der Waals surface area contributed by atoms with E-state index in [4.69, 9.17) is 16.7 Å². The Bertz CT molecular complexity index is 612. The minimum atomic E-state index is -4.29. The quantitative estimate of drug-likeness (QED) is 0.582. The fourth-order valence-corrected chi connectivity index (χ4v) is 5.61. The van der Waals surface area contributed by atoms with Crippen LogP contribution in [-0.4, -0.2) is 28.1 Å². The number of rotatable bonds is 3. The van der Waals surface area contributed by atoms with Gasteiger partial charge in [-0.15, -0.1) is 0 Å². The van der Waals surface area contributed by atoms with Crippen molar-refractivity contribution in [3.63, 3.8) is 0 Å². The van der Waals surface area contributed by atoms with Crippen LogP contribution in [0.25, 0.3) is 0 Å². The van der Waals surface area contributed by atoms with E-state index in [0.29, 0.717) is 3.57 Å². The summed E-state index contributed by atoms with van der Waals surface area (Å²) in [5, 5.41) is 4.94. The minimum absolute atomic E-state index is 0.00211. The Hall–Kier alpha value is 0.0300. The van der Waals surface area contributed by atoms with Crippen LogP contribution in [0.5, 0.6) is 0 Å². The summed E-state index contributed by atoms with van der Waals surface area (Å²) in [5.74, 6) is 0. The van der Waals surface area contributed by atoms with Crippen molar-refractivity contribution in [2.45, 2.75) is 4.58 Å². The molecular weight excluding hydrogens is 403 g/mol. The molecule has 17 heavy (non-hydrogen) atoms. The van der Waals surface area contributed by atoms with E-state index in [1.165, 1.54) is 12.3 Å². The van der Waals surface area contributed by atoms with Gasteiger partial charge in [0, 0.05) is 21.6 Å². The lowest BCUT2D eigenvalue weighted by molar-refractivity contribution is 0.580. The molecule has 1 aromatic rings. The number of aromatic nitrogens is 1. The third-order valence-electron chi connectivity index (χ3n) is 1.79. The van der Waals surface area contributed by atoms with Gasteiger partial charge in [-0.1, -0.05) is 11.6 Å². The third-order valence-corrected chi connectivity index (χ3v) is 6.64. The highest BCUT2D eigenvalue weighted by molar-refractivity contribution is 14.1. The molecule has 2 N–H and O–H groups in total. The van der Waals surface area contributed by atoms with Crippen molar-refractivity contribution in [3.05, 3.63) is 26.5 Å². The highest BCUT2D eigenvalue weighted by atomic mass is 127. The molecule has 0 saturated carbocycles. The molecule has 0 saturated heterocycles. The van der Waals surface area contributed by atoms with Gasteiger partial charge in [0.05, 0.1) is 0 Å². The number of nitrogens with two attached hydrogens (primary N) is 1. The van der Waals surface area contributed by atoms with Gasteiger partial charge in [-0.3, -0.25) is 0 Å². The van der Waals surface area contributed by atoms with Crippen molar-refractivity contribution >= 4 is 54.1 Å². The van der Waals surface area contributed by atoms with Crippen molar-refractivity contribution in [2.75, 3.05) is 6.26 Å². The summed E-state index contributed by atoms with van der Waals surface area (Å²) < 4.78 is 44.3. The lowest BCUT2D eigenvalue weighted by atomic mass is 10.3. The fraction of sp³-hybridized carbons (Fsp3) is 0.286. The highest BCUT2D eigenvalue weighted by Gasteiger charge is 2.35. The third kappa shape index (κ3) is 3.74. The van der Waals surface area contributed by atoms with Crippen LogP contribution >= 0.6 is 34.2 Å². The van der Waals surface area contributed by atoms with Crippen LogP contribution < -0.4 is 5.14 Å². The molecule has 0 aliphatic carbocycles. The summed E-state index contributed by atoms with van der Waals surface area (Å²) in [7, 11) is -8.21. The second-order valence-corrected chi connectivity index (χ2v) is 8.91. The number of hydrogen-bond acceptors (Lipinski definition) is 5. The first-order valence-corrected chi connectivity index (χ1v) is 9.07. The summed E-state index contributed by atoms with van der Waals surface area (Å²) in [6.45, 7) is 0. The molecule has 1 atom stereocenters. The van der Waals surface area contributed by atoms with Gasteiger partial charge >= 0.3 is 0 Å². The summed E-state index contributed by atoms with van der Waals surface area (Å²) in [5.41, 5.74) is 0.00981. The Kier molecular flexibility index (Phi) is 4.40. The molecule has 0 radical (unpaired) electrons. The first kappa shape index (κ1) is 15.1. The number of primary sulfonamides is 1. The zero-order chi connectivity index (χ0) is 13.4. The molecule has 1 aromatic heterocycles. The molecule has 6 nitrogen and oxygen atoms in total. The smallest absolute Gasteiger partial charge is 0.230 e. The normalized spacial score (nSPS) is 14.6. The zero-order valence-corrected chi connectivity index (χ0v) is 13.0. The molecule has 1 rings (SSSR count). The maximum Gasteiger partial charge on any atom is 0.230 e. The fourth-order valence-electron chi connectivity index (χ4n) is 1.26. The SMILES string of the molecule is CS(=O)(=O)C(c1cc(Cl)ncc1I)S(N)(=O)=O. The Morgan fingerprint density at radius 1 is 1.41 bits per heavy atom. The average molecular weight is 411 g/mol. The van der Waals surface area contributed by atoms with Gasteiger partial charge < -0.3 is 0 Å². The van der Waals surface area contributed by atoms with Gasteiger partial charge in [0.2, 0.25) is 14.6 Å². The van der Waals surface area contributed by atoms with Gasteiger partial charge in [0.25, 0.3) is 0 Å². The molecule has 0 bridgehead atoms. The Morgan fingerprint density at radius 3 is 2.35 bits per heavy atom. The predicted octanol–water partition coefficient (Wildman–Crippen LogP) is 0.671. The molecule has 0 aromatic carbocycles. The number of sulfone groups is 1. The van der Waals surface area contributed by atoms with Gasteiger partial charge in [-0.05, 0) is 28.7 Å². The lowest BCUT2D eigenvalue weighted by Crippen LogP contribution is -2.28. The van der Waals surface area contributed by atoms with Crippen LogP contribution in [0, 0.1) is 3.57 Å². The Morgan fingerprint density at radius 2 is 1.94 bits per heavy atom. The van der Waals surface area contributed by atoms with Crippen molar-refractivity contribution in [2.24, 2.45) is 5.14 Å². The van der Waals surface area contributed by atoms with Gasteiger partial charge in [0.1, 0.15) is 5.15 Å². The minimum Gasteiger partial charge on any atom is -0.243 e. The van der Waals surface area contributed by atoms with Crippen molar-refractivity contribution in [1.29, 1.82) is 0 Å². The van der Waals surface area contributed by atoms with Crippen LogP contribution in [0.15, 0.2) is 12.3 Å². The first-order valence-electron chi connectivity index (χ1n) is 4.05. The number of pyridine rings is 1. The van der Waals surface area contributed by atoms with Crippen molar-refractivity contribution in [3.8, 4) is 0 Å². The van der Waals surface area contributed by atoms with E-state index in [-0.39, 0.29) is 10.7 Å². The molecule has 0 fully saturated rings. The van der Waals surface area contributed by atoms with Crippen LogP contribution in [0.3, 0.4) is 0 Å². The molecule has 10 heteroatoms. The number of nitrogens with zero attached hydrogens (tertiary/aromatic N) is 1. The second-order valence-electron chi connectivity index (χ2n) is 3.28. The average Bonchev–Trinajstić information content (AvgIpc) is 2.06. The zero-order valence-electron chi connectivity index (χ0n) is 8.46. The summed E-state index contributed by atoms with van der Waals surface area (Å²) in [6.07, 6.45) is 2.08. The van der Waals surface area contributed by atoms with Gasteiger partial charge in [-0.25, -0.2) is 27.0 Å². The molecular formula is C7H8ClIN2O4S2. The Labute approximate surface area is 118 Å². The van der Waals surface area contributed by atoms with E-state index in [1.54, 1.807) is 22.6 Å². The van der Waals surface area contributed by atoms with Crippen LogP contribution in [-0.2, 0) is 19.9 Å². The van der Waals surface area contributed by atoms with Crippen molar-refractivity contribution in [1.82, 2.24) is 4.98 Å². The van der Waals surface area contributed by atoms with E-state index in [0.717, 1.165) is 6.26 Å². The molecule has 0 amide bonds. The molecule has 0 aliphatic rings. The molecule has 0 aliphatic heterocycles. The highest BCUT2D eigenvalue weighted by Crippen LogP contribution is 2.30. The van der Waals surface area contributed by atoms with E-state index < -0.39 is 24.4 Å². The summed E-state index contributed by atoms with van der Waals surface area (Å²) in [4.78, 5) is 3.71. The number of sulfonamides is 1. The number of halogens is 2. The molecule has 1 heterocycles. The van der Waals surface area contributed by atoms with Crippen LogP contribution in [0.1, 0.15) is 10.1 Å². The second kappa shape index (κ2) is 4.96. The van der Waals surface area contributed by atoms with E-state index >= 15 is 0 Å². The first-order chi connectivity index (χ1) is 7.53. The summed E-state index contributed by atoms with van der Waals surface area (Å²) >= 11 is 7.38. The van der Waals surface area contributed by atoms with Gasteiger partial charge in [-0.2, -0.15) is 0 Å². The predicted molar refractivity (Wildman–Crippen MR) is 72.7 cm³/mol.